The van der Waals surface area contributed by atoms with Crippen molar-refractivity contribution < 1.29 is 8.78 Å². The summed E-state index contributed by atoms with van der Waals surface area (Å²) in [5.74, 6) is 0. The summed E-state index contributed by atoms with van der Waals surface area (Å²) in [6.45, 7) is 0. The lowest BCUT2D eigenvalue weighted by Gasteiger charge is -2.08. The highest BCUT2D eigenvalue weighted by Crippen LogP contribution is 2.22. The predicted molar refractivity (Wildman–Crippen MR) is 54.1 cm³/mol. The Kier molecular flexibility index (Phi) is 3.77. The molecule has 0 bridgehead atoms. The van der Waals surface area contributed by atoms with Crippen LogP contribution in [-0.2, 0) is 6.42 Å². The normalized spacial score (nSPS) is 13.3. The Morgan fingerprint density at radius 3 is 2.64 bits per heavy atom. The minimum absolute atomic E-state index is 0.184. The van der Waals surface area contributed by atoms with Gasteiger partial charge >= 0.3 is 0 Å². The van der Waals surface area contributed by atoms with E-state index in [1.54, 1.807) is 6.20 Å². The molecular formula is C8H13F2N3S. The number of thiazole rings is 1. The first-order chi connectivity index (χ1) is 6.50. The third-order valence-electron chi connectivity index (χ3n) is 1.68. The molecular weight excluding hydrogens is 208 g/mol. The molecule has 0 radical (unpaired) electrons. The van der Waals surface area contributed by atoms with E-state index in [1.807, 2.05) is 19.0 Å². The van der Waals surface area contributed by atoms with Gasteiger partial charge in [-0.25, -0.2) is 13.8 Å². The van der Waals surface area contributed by atoms with Crippen LogP contribution in [0.3, 0.4) is 0 Å². The summed E-state index contributed by atoms with van der Waals surface area (Å²) < 4.78 is 24.3. The number of hydrogen-bond donors (Lipinski definition) is 1. The summed E-state index contributed by atoms with van der Waals surface area (Å²) in [4.78, 5) is 6.70. The summed E-state index contributed by atoms with van der Waals surface area (Å²) in [5, 5.41) is 0.807. The van der Waals surface area contributed by atoms with Crippen LogP contribution >= 0.6 is 11.3 Å². The summed E-state index contributed by atoms with van der Waals surface area (Å²) >= 11 is 1.39. The van der Waals surface area contributed by atoms with Crippen molar-refractivity contribution >= 4 is 16.5 Å². The number of nitrogens with two attached hydrogens (primary N) is 1. The first-order valence-electron chi connectivity index (χ1n) is 4.16. The lowest BCUT2D eigenvalue weighted by atomic mass is 10.2. The molecule has 0 aliphatic heterocycles. The molecule has 0 fully saturated rings. The van der Waals surface area contributed by atoms with Crippen molar-refractivity contribution in [2.45, 2.75) is 18.9 Å². The van der Waals surface area contributed by atoms with Crippen molar-refractivity contribution in [1.82, 2.24) is 4.98 Å². The van der Waals surface area contributed by atoms with Crippen LogP contribution in [0.15, 0.2) is 6.20 Å². The molecule has 6 heteroatoms. The van der Waals surface area contributed by atoms with E-state index in [0.29, 0.717) is 0 Å². The van der Waals surface area contributed by atoms with Crippen LogP contribution in [0.2, 0.25) is 0 Å². The van der Waals surface area contributed by atoms with Crippen molar-refractivity contribution in [3.8, 4) is 0 Å². The number of alkyl halides is 2. The van der Waals surface area contributed by atoms with Gasteiger partial charge in [0.2, 0.25) is 0 Å². The van der Waals surface area contributed by atoms with E-state index >= 15 is 0 Å². The number of aromatic nitrogens is 1. The average Bonchev–Trinajstić information content (AvgIpc) is 2.52. The van der Waals surface area contributed by atoms with Crippen LogP contribution in [0, 0.1) is 0 Å². The van der Waals surface area contributed by atoms with Crippen molar-refractivity contribution in [2.24, 2.45) is 5.73 Å². The molecule has 0 spiro atoms. The van der Waals surface area contributed by atoms with Gasteiger partial charge in [0.15, 0.2) is 5.13 Å². The van der Waals surface area contributed by atoms with Crippen LogP contribution < -0.4 is 10.6 Å². The zero-order chi connectivity index (χ0) is 10.7. The molecule has 1 rings (SSSR count). The second-order valence-corrected chi connectivity index (χ2v) is 4.30. The molecule has 0 aromatic carbocycles. The van der Waals surface area contributed by atoms with Crippen LogP contribution in [0.25, 0.3) is 0 Å². The first kappa shape index (κ1) is 11.3. The largest absolute Gasteiger partial charge is 0.354 e. The minimum atomic E-state index is -2.47. The van der Waals surface area contributed by atoms with Gasteiger partial charge in [0.05, 0.1) is 6.04 Å². The maximum atomic E-state index is 12.1. The van der Waals surface area contributed by atoms with Gasteiger partial charge in [0, 0.05) is 31.6 Å². The molecule has 14 heavy (non-hydrogen) atoms. The van der Waals surface area contributed by atoms with Crippen molar-refractivity contribution in [2.75, 3.05) is 19.0 Å². The molecule has 0 saturated carbocycles. The molecule has 3 nitrogen and oxygen atoms in total. The molecule has 2 N–H and O–H groups in total. The van der Waals surface area contributed by atoms with Gasteiger partial charge in [0.25, 0.3) is 6.43 Å². The Bertz CT molecular complexity index is 288. The summed E-state index contributed by atoms with van der Waals surface area (Å²) in [7, 11) is 3.71. The van der Waals surface area contributed by atoms with Crippen molar-refractivity contribution in [1.29, 1.82) is 0 Å². The fraction of sp³-hybridized carbons (Fsp3) is 0.625. The molecule has 1 heterocycles. The molecule has 1 aromatic rings. The van der Waals surface area contributed by atoms with Crippen LogP contribution in [-0.4, -0.2) is 31.5 Å². The Labute approximate surface area is 85.5 Å². The van der Waals surface area contributed by atoms with Gasteiger partial charge in [0.1, 0.15) is 0 Å². The number of anilines is 1. The van der Waals surface area contributed by atoms with E-state index in [4.69, 9.17) is 5.73 Å². The highest BCUT2D eigenvalue weighted by Gasteiger charge is 2.17. The van der Waals surface area contributed by atoms with E-state index in [2.05, 4.69) is 4.98 Å². The lowest BCUT2D eigenvalue weighted by molar-refractivity contribution is 0.116. The van der Waals surface area contributed by atoms with Gasteiger partial charge in [-0.2, -0.15) is 0 Å². The molecule has 0 aliphatic carbocycles. The third kappa shape index (κ3) is 2.88. The van der Waals surface area contributed by atoms with Crippen molar-refractivity contribution in [3.05, 3.63) is 11.1 Å². The highest BCUT2D eigenvalue weighted by molar-refractivity contribution is 7.15. The number of hydrogen-bond acceptors (Lipinski definition) is 4. The molecule has 1 unspecified atom stereocenters. The fourth-order valence-electron chi connectivity index (χ4n) is 0.920. The van der Waals surface area contributed by atoms with Crippen molar-refractivity contribution in [3.63, 3.8) is 0 Å². The summed E-state index contributed by atoms with van der Waals surface area (Å²) in [6.07, 6.45) is -0.689. The van der Waals surface area contributed by atoms with Crippen LogP contribution in [0.5, 0.6) is 0 Å². The number of halogens is 2. The second kappa shape index (κ2) is 4.65. The van der Waals surface area contributed by atoms with Gasteiger partial charge in [-0.05, 0) is 0 Å². The fourth-order valence-corrected chi connectivity index (χ4v) is 1.82. The smallest absolute Gasteiger partial charge is 0.253 e. The van der Waals surface area contributed by atoms with E-state index in [-0.39, 0.29) is 6.42 Å². The summed E-state index contributed by atoms with van der Waals surface area (Å²) in [5.41, 5.74) is 5.25. The molecule has 0 amide bonds. The topological polar surface area (TPSA) is 42.2 Å². The Balaban J connectivity index is 2.60. The third-order valence-corrected chi connectivity index (χ3v) is 2.87. The van der Waals surface area contributed by atoms with Gasteiger partial charge in [-0.3, -0.25) is 0 Å². The maximum Gasteiger partial charge on any atom is 0.253 e. The van der Waals surface area contributed by atoms with Gasteiger partial charge < -0.3 is 10.6 Å². The molecule has 0 aliphatic rings. The monoisotopic (exact) mass is 221 g/mol. The first-order valence-corrected chi connectivity index (χ1v) is 4.98. The van der Waals surface area contributed by atoms with E-state index < -0.39 is 12.5 Å². The zero-order valence-corrected chi connectivity index (χ0v) is 8.89. The standard InChI is InChI=1S/C8H13F2N3S/c1-13(2)8-12-4-5(14-8)3-6(11)7(9)10/h4,6-7H,3,11H2,1-2H3. The average molecular weight is 221 g/mol. The molecule has 1 atom stereocenters. The molecule has 0 saturated heterocycles. The number of nitrogens with zero attached hydrogens (tertiary/aromatic N) is 2. The maximum absolute atomic E-state index is 12.1. The molecule has 1 aromatic heterocycles. The lowest BCUT2D eigenvalue weighted by Crippen LogP contribution is -2.30. The van der Waals surface area contributed by atoms with E-state index in [0.717, 1.165) is 10.0 Å². The van der Waals surface area contributed by atoms with Gasteiger partial charge in [-0.1, -0.05) is 0 Å². The second-order valence-electron chi connectivity index (χ2n) is 3.21. The van der Waals surface area contributed by atoms with Gasteiger partial charge in [-0.15, -0.1) is 11.3 Å². The minimum Gasteiger partial charge on any atom is -0.354 e. The van der Waals surface area contributed by atoms with Crippen LogP contribution in [0.4, 0.5) is 13.9 Å². The quantitative estimate of drug-likeness (QED) is 0.834. The van der Waals surface area contributed by atoms with Crippen LogP contribution in [0.1, 0.15) is 4.88 Å². The number of rotatable bonds is 4. The SMILES string of the molecule is CN(C)c1ncc(CC(N)C(F)F)s1. The summed E-state index contributed by atoms with van der Waals surface area (Å²) in [6, 6.07) is -1.09. The zero-order valence-electron chi connectivity index (χ0n) is 8.08. The Hall–Kier alpha value is -0.750. The van der Waals surface area contributed by atoms with E-state index in [9.17, 15) is 8.78 Å². The Morgan fingerprint density at radius 2 is 2.21 bits per heavy atom. The predicted octanol–water partition coefficient (Wildman–Crippen LogP) is 1.34. The Morgan fingerprint density at radius 1 is 1.57 bits per heavy atom. The van der Waals surface area contributed by atoms with E-state index in [1.165, 1.54) is 11.3 Å². The molecule has 80 valence electrons. The highest BCUT2D eigenvalue weighted by atomic mass is 32.1.